The van der Waals surface area contributed by atoms with Gasteiger partial charge in [0.25, 0.3) is 0 Å². The van der Waals surface area contributed by atoms with Gasteiger partial charge in [0, 0.05) is 11.6 Å². The predicted molar refractivity (Wildman–Crippen MR) is 73.2 cm³/mol. The molecule has 2 nitrogen and oxygen atoms in total. The molecule has 2 heteroatoms. The van der Waals surface area contributed by atoms with Gasteiger partial charge in [-0.2, -0.15) is 0 Å². The van der Waals surface area contributed by atoms with Gasteiger partial charge in [-0.3, -0.25) is 0 Å². The Morgan fingerprint density at radius 2 is 2.06 bits per heavy atom. The molecule has 0 fully saturated rings. The van der Waals surface area contributed by atoms with Crippen molar-refractivity contribution < 1.29 is 4.42 Å². The molecule has 98 valence electrons. The second kappa shape index (κ2) is 6.25. The molecule has 1 aromatic rings. The summed E-state index contributed by atoms with van der Waals surface area (Å²) in [5.41, 5.74) is 1.71. The van der Waals surface area contributed by atoms with E-state index in [0.29, 0.717) is 11.5 Å². The van der Waals surface area contributed by atoms with Crippen LogP contribution in [0.3, 0.4) is 0 Å². The van der Waals surface area contributed by atoms with Crippen molar-refractivity contribution in [3.05, 3.63) is 23.7 Å². The van der Waals surface area contributed by atoms with E-state index in [1.165, 1.54) is 24.8 Å². The van der Waals surface area contributed by atoms with Crippen LogP contribution < -0.4 is 5.32 Å². The van der Waals surface area contributed by atoms with Crippen molar-refractivity contribution in [2.75, 3.05) is 6.54 Å². The van der Waals surface area contributed by atoms with Crippen LogP contribution in [0.2, 0.25) is 0 Å². The van der Waals surface area contributed by atoms with E-state index in [9.17, 15) is 0 Å². The average Bonchev–Trinajstić information content (AvgIpc) is 2.63. The molecular weight excluding hydrogens is 210 g/mol. The van der Waals surface area contributed by atoms with Gasteiger partial charge in [-0.1, -0.05) is 27.7 Å². The highest BCUT2D eigenvalue weighted by Crippen LogP contribution is 2.29. The molecule has 1 aromatic heterocycles. The fourth-order valence-corrected chi connectivity index (χ4v) is 2.02. The van der Waals surface area contributed by atoms with Crippen LogP contribution in [0.15, 0.2) is 16.7 Å². The highest BCUT2D eigenvalue weighted by Gasteiger charge is 2.18. The Morgan fingerprint density at radius 1 is 1.35 bits per heavy atom. The van der Waals surface area contributed by atoms with E-state index in [0.717, 1.165) is 12.3 Å². The lowest BCUT2D eigenvalue weighted by molar-refractivity contribution is 0.330. The third kappa shape index (κ3) is 4.95. The Bertz CT molecular complexity index is 322. The quantitative estimate of drug-likeness (QED) is 0.790. The van der Waals surface area contributed by atoms with Crippen molar-refractivity contribution in [2.45, 2.75) is 59.9 Å². The maximum atomic E-state index is 5.42. The normalized spacial score (nSPS) is 13.9. The zero-order chi connectivity index (χ0) is 12.9. The minimum Gasteiger partial charge on any atom is -0.469 e. The first-order valence-electron chi connectivity index (χ1n) is 6.71. The molecule has 0 amide bonds. The van der Waals surface area contributed by atoms with E-state index in [-0.39, 0.29) is 0 Å². The summed E-state index contributed by atoms with van der Waals surface area (Å²) in [6.07, 6.45) is 5.36. The zero-order valence-electron chi connectivity index (χ0n) is 12.0. The Hall–Kier alpha value is -0.760. The highest BCUT2D eigenvalue weighted by atomic mass is 16.3. The molecule has 17 heavy (non-hydrogen) atoms. The molecule has 1 unspecified atom stereocenters. The van der Waals surface area contributed by atoms with Crippen LogP contribution in [-0.4, -0.2) is 6.54 Å². The second-order valence-electron chi connectivity index (χ2n) is 6.04. The maximum Gasteiger partial charge on any atom is 0.105 e. The van der Waals surface area contributed by atoms with Gasteiger partial charge < -0.3 is 9.73 Å². The summed E-state index contributed by atoms with van der Waals surface area (Å²) < 4.78 is 5.42. The van der Waals surface area contributed by atoms with Gasteiger partial charge in [0.1, 0.15) is 5.76 Å². The summed E-state index contributed by atoms with van der Waals surface area (Å²) >= 11 is 0. The van der Waals surface area contributed by atoms with Crippen LogP contribution in [0, 0.1) is 12.3 Å². The van der Waals surface area contributed by atoms with Crippen molar-refractivity contribution in [1.82, 2.24) is 5.32 Å². The van der Waals surface area contributed by atoms with Gasteiger partial charge in [-0.15, -0.1) is 0 Å². The minimum absolute atomic E-state index is 0.393. The highest BCUT2D eigenvalue weighted by molar-refractivity contribution is 5.20. The standard InChI is InChI=1S/C15H27NO/c1-6-10-16-14(7-9-15(3,4)5)13-8-11-17-12(13)2/h8,11,14,16H,6-7,9-10H2,1-5H3. The van der Waals surface area contributed by atoms with Gasteiger partial charge in [-0.25, -0.2) is 0 Å². The van der Waals surface area contributed by atoms with Crippen molar-refractivity contribution in [2.24, 2.45) is 5.41 Å². The van der Waals surface area contributed by atoms with E-state index >= 15 is 0 Å². The van der Waals surface area contributed by atoms with Crippen molar-refractivity contribution in [3.63, 3.8) is 0 Å². The Morgan fingerprint density at radius 3 is 2.53 bits per heavy atom. The summed E-state index contributed by atoms with van der Waals surface area (Å²) in [4.78, 5) is 0. The van der Waals surface area contributed by atoms with Crippen molar-refractivity contribution in [1.29, 1.82) is 0 Å². The summed E-state index contributed by atoms with van der Waals surface area (Å²) in [5.74, 6) is 1.05. The molecule has 0 radical (unpaired) electrons. The van der Waals surface area contributed by atoms with Crippen LogP contribution in [-0.2, 0) is 0 Å². The first-order valence-corrected chi connectivity index (χ1v) is 6.71. The molecule has 1 atom stereocenters. The summed E-state index contributed by atoms with van der Waals surface area (Å²) in [6, 6.07) is 2.54. The predicted octanol–water partition coefficient (Wildman–Crippen LogP) is 4.46. The zero-order valence-corrected chi connectivity index (χ0v) is 12.0. The van der Waals surface area contributed by atoms with Crippen molar-refractivity contribution in [3.8, 4) is 0 Å². The molecule has 0 aliphatic rings. The Labute approximate surface area is 106 Å². The Balaban J connectivity index is 2.64. The first-order chi connectivity index (χ1) is 7.94. The number of hydrogen-bond donors (Lipinski definition) is 1. The lowest BCUT2D eigenvalue weighted by Crippen LogP contribution is -2.23. The second-order valence-corrected chi connectivity index (χ2v) is 6.04. The molecule has 0 saturated heterocycles. The number of aryl methyl sites for hydroxylation is 1. The van der Waals surface area contributed by atoms with Gasteiger partial charge in [0.2, 0.25) is 0 Å². The lowest BCUT2D eigenvalue weighted by Gasteiger charge is -2.24. The monoisotopic (exact) mass is 237 g/mol. The number of rotatable bonds is 6. The number of hydrogen-bond acceptors (Lipinski definition) is 2. The topological polar surface area (TPSA) is 25.2 Å². The summed E-state index contributed by atoms with van der Waals surface area (Å²) in [7, 11) is 0. The van der Waals surface area contributed by atoms with Crippen molar-refractivity contribution >= 4 is 0 Å². The molecule has 0 bridgehead atoms. The van der Waals surface area contributed by atoms with Gasteiger partial charge in [-0.05, 0) is 44.2 Å². The third-order valence-electron chi connectivity index (χ3n) is 3.10. The molecule has 0 saturated carbocycles. The Kier molecular flexibility index (Phi) is 5.26. The first kappa shape index (κ1) is 14.3. The van der Waals surface area contributed by atoms with Gasteiger partial charge in [0.05, 0.1) is 6.26 Å². The molecule has 0 spiro atoms. The number of nitrogens with one attached hydrogen (secondary N) is 1. The molecule has 0 aliphatic heterocycles. The van der Waals surface area contributed by atoms with E-state index < -0.39 is 0 Å². The van der Waals surface area contributed by atoms with Crippen LogP contribution in [0.25, 0.3) is 0 Å². The van der Waals surface area contributed by atoms with Gasteiger partial charge >= 0.3 is 0 Å². The minimum atomic E-state index is 0.393. The van der Waals surface area contributed by atoms with Crippen LogP contribution in [0.1, 0.15) is 64.3 Å². The molecule has 1 heterocycles. The molecule has 0 aliphatic carbocycles. The fourth-order valence-electron chi connectivity index (χ4n) is 2.02. The number of furan rings is 1. The van der Waals surface area contributed by atoms with Gasteiger partial charge in [0.15, 0.2) is 0 Å². The third-order valence-corrected chi connectivity index (χ3v) is 3.10. The molecular formula is C15H27NO. The van der Waals surface area contributed by atoms with Crippen LogP contribution in [0.5, 0.6) is 0 Å². The largest absolute Gasteiger partial charge is 0.469 e. The maximum absolute atomic E-state index is 5.42. The SMILES string of the molecule is CCCNC(CCC(C)(C)C)c1ccoc1C. The fraction of sp³-hybridized carbons (Fsp3) is 0.733. The summed E-state index contributed by atoms with van der Waals surface area (Å²) in [6.45, 7) is 12.2. The van der Waals surface area contributed by atoms with Crippen LogP contribution in [0.4, 0.5) is 0 Å². The van der Waals surface area contributed by atoms with E-state index in [1.807, 2.05) is 6.92 Å². The lowest BCUT2D eigenvalue weighted by atomic mass is 9.87. The summed E-state index contributed by atoms with van der Waals surface area (Å²) in [5, 5.41) is 3.63. The van der Waals surface area contributed by atoms with E-state index in [2.05, 4.69) is 39.1 Å². The molecule has 1 N–H and O–H groups in total. The van der Waals surface area contributed by atoms with E-state index in [4.69, 9.17) is 4.42 Å². The molecule has 0 aromatic carbocycles. The van der Waals surface area contributed by atoms with E-state index in [1.54, 1.807) is 6.26 Å². The average molecular weight is 237 g/mol. The smallest absolute Gasteiger partial charge is 0.105 e. The van der Waals surface area contributed by atoms with Crippen LogP contribution >= 0.6 is 0 Å². The molecule has 1 rings (SSSR count).